The molecule has 0 aromatic heterocycles. The minimum Gasteiger partial charge on any atom is -0.460 e. The SMILES string of the molecule is CC(C)(C)OC(=O)NC(=NCCC[C@@H]1C[C@@H]([C@H](Cc2ccccc2)NC(=O)OCC2c3ccccc3-c3ccccc32)OC1=O)NC(=O)OC(C)(C)C. The van der Waals surface area contributed by atoms with Crippen LogP contribution in [0.25, 0.3) is 11.1 Å². The molecule has 5 rings (SSSR count). The monoisotopic (exact) mass is 726 g/mol. The molecule has 282 valence electrons. The first kappa shape index (κ1) is 38.8. The molecule has 0 bridgehead atoms. The second-order valence-electron chi connectivity index (χ2n) is 15.3. The number of amides is 3. The molecule has 0 saturated carbocycles. The second kappa shape index (κ2) is 17.0. The molecular weight excluding hydrogens is 676 g/mol. The Morgan fingerprint density at radius 1 is 0.792 bits per heavy atom. The molecule has 1 aliphatic carbocycles. The highest BCUT2D eigenvalue weighted by atomic mass is 16.6. The van der Waals surface area contributed by atoms with E-state index in [1.807, 2.05) is 54.6 Å². The van der Waals surface area contributed by atoms with Gasteiger partial charge in [-0.05, 0) is 95.0 Å². The number of alkyl carbamates (subject to hydrolysis) is 3. The van der Waals surface area contributed by atoms with Crippen LogP contribution >= 0.6 is 0 Å². The van der Waals surface area contributed by atoms with E-state index in [9.17, 15) is 19.2 Å². The van der Waals surface area contributed by atoms with Gasteiger partial charge in [0.1, 0.15) is 23.9 Å². The molecule has 2 aliphatic rings. The molecule has 1 heterocycles. The number of hydrogen-bond acceptors (Lipinski definition) is 9. The minimum absolute atomic E-state index is 0.0868. The van der Waals surface area contributed by atoms with E-state index in [4.69, 9.17) is 18.9 Å². The quantitative estimate of drug-likeness (QED) is 0.0649. The summed E-state index contributed by atoms with van der Waals surface area (Å²) in [7, 11) is 0. The van der Waals surface area contributed by atoms with Crippen LogP contribution in [0.4, 0.5) is 14.4 Å². The van der Waals surface area contributed by atoms with E-state index < -0.39 is 47.5 Å². The highest BCUT2D eigenvalue weighted by molar-refractivity contribution is 6.01. The van der Waals surface area contributed by atoms with Gasteiger partial charge in [0.15, 0.2) is 0 Å². The minimum atomic E-state index is -0.789. The molecule has 0 unspecified atom stereocenters. The van der Waals surface area contributed by atoms with Gasteiger partial charge in [-0.2, -0.15) is 0 Å². The summed E-state index contributed by atoms with van der Waals surface area (Å²) in [4.78, 5) is 55.7. The third kappa shape index (κ3) is 11.3. The van der Waals surface area contributed by atoms with Gasteiger partial charge < -0.3 is 24.3 Å². The molecule has 1 saturated heterocycles. The Morgan fingerprint density at radius 2 is 1.34 bits per heavy atom. The van der Waals surface area contributed by atoms with E-state index in [0.29, 0.717) is 25.7 Å². The molecule has 1 fully saturated rings. The lowest BCUT2D eigenvalue weighted by Gasteiger charge is -2.24. The van der Waals surface area contributed by atoms with Crippen molar-refractivity contribution in [2.45, 2.75) is 96.5 Å². The molecule has 53 heavy (non-hydrogen) atoms. The molecule has 3 aromatic carbocycles. The summed E-state index contributed by atoms with van der Waals surface area (Å²) >= 11 is 0. The maximum Gasteiger partial charge on any atom is 0.414 e. The van der Waals surface area contributed by atoms with Crippen LogP contribution in [0.2, 0.25) is 0 Å². The molecule has 3 amide bonds. The molecule has 12 nitrogen and oxygen atoms in total. The number of hydrogen-bond donors (Lipinski definition) is 3. The van der Waals surface area contributed by atoms with Crippen molar-refractivity contribution in [3.63, 3.8) is 0 Å². The van der Waals surface area contributed by atoms with Crippen molar-refractivity contribution in [1.82, 2.24) is 16.0 Å². The number of carbonyl (C=O) groups excluding carboxylic acids is 4. The number of esters is 1. The molecule has 0 spiro atoms. The molecule has 12 heteroatoms. The van der Waals surface area contributed by atoms with Crippen molar-refractivity contribution in [1.29, 1.82) is 0 Å². The van der Waals surface area contributed by atoms with Crippen LogP contribution in [0.15, 0.2) is 83.9 Å². The van der Waals surface area contributed by atoms with Gasteiger partial charge in [-0.3, -0.25) is 20.4 Å². The third-order valence-corrected chi connectivity index (χ3v) is 8.73. The normalized spacial score (nSPS) is 17.1. The van der Waals surface area contributed by atoms with Crippen molar-refractivity contribution in [2.24, 2.45) is 10.9 Å². The Labute approximate surface area is 311 Å². The number of aliphatic imine (C=N–C) groups is 1. The summed E-state index contributed by atoms with van der Waals surface area (Å²) in [5, 5.41) is 7.93. The fraction of sp³-hybridized carbons (Fsp3) is 0.439. The summed E-state index contributed by atoms with van der Waals surface area (Å²) < 4.78 is 22.3. The van der Waals surface area contributed by atoms with Crippen molar-refractivity contribution >= 4 is 30.2 Å². The fourth-order valence-corrected chi connectivity index (χ4v) is 6.53. The zero-order valence-corrected chi connectivity index (χ0v) is 31.3. The van der Waals surface area contributed by atoms with Crippen LogP contribution < -0.4 is 16.0 Å². The topological polar surface area (TPSA) is 154 Å². The number of cyclic esters (lactones) is 1. The van der Waals surface area contributed by atoms with Crippen molar-refractivity contribution < 1.29 is 38.1 Å². The summed E-state index contributed by atoms with van der Waals surface area (Å²) in [6, 6.07) is 25.5. The Morgan fingerprint density at radius 3 is 1.91 bits per heavy atom. The summed E-state index contributed by atoms with van der Waals surface area (Å²) in [6.45, 7) is 10.7. The van der Waals surface area contributed by atoms with Crippen LogP contribution in [0.1, 0.15) is 83.4 Å². The highest BCUT2D eigenvalue weighted by Crippen LogP contribution is 2.44. The molecule has 3 N–H and O–H groups in total. The molecular formula is C41H50N4O8. The number of guanidine groups is 1. The van der Waals surface area contributed by atoms with E-state index in [1.54, 1.807) is 41.5 Å². The van der Waals surface area contributed by atoms with Gasteiger partial charge in [-0.25, -0.2) is 14.4 Å². The zero-order chi connectivity index (χ0) is 38.2. The number of nitrogens with one attached hydrogen (secondary N) is 3. The smallest absolute Gasteiger partial charge is 0.414 e. The molecule has 3 aromatic rings. The zero-order valence-electron chi connectivity index (χ0n) is 31.3. The van der Waals surface area contributed by atoms with Gasteiger partial charge >= 0.3 is 24.2 Å². The van der Waals surface area contributed by atoms with E-state index >= 15 is 0 Å². The maximum absolute atomic E-state index is 13.4. The first-order valence-corrected chi connectivity index (χ1v) is 18.1. The third-order valence-electron chi connectivity index (χ3n) is 8.73. The number of nitrogens with zero attached hydrogens (tertiary/aromatic N) is 1. The molecule has 1 aliphatic heterocycles. The fourth-order valence-electron chi connectivity index (χ4n) is 6.53. The van der Waals surface area contributed by atoms with E-state index in [-0.39, 0.29) is 31.0 Å². The van der Waals surface area contributed by atoms with Gasteiger partial charge in [0, 0.05) is 12.5 Å². The number of carbonyl (C=O) groups is 4. The highest BCUT2D eigenvalue weighted by Gasteiger charge is 2.39. The second-order valence-corrected chi connectivity index (χ2v) is 15.3. The Balaban J connectivity index is 1.20. The van der Waals surface area contributed by atoms with Crippen LogP contribution in [0, 0.1) is 5.92 Å². The summed E-state index contributed by atoms with van der Waals surface area (Å²) in [5.41, 5.74) is 3.97. The lowest BCUT2D eigenvalue weighted by atomic mass is 9.93. The van der Waals surface area contributed by atoms with E-state index in [1.165, 1.54) is 0 Å². The van der Waals surface area contributed by atoms with E-state index in [2.05, 4.69) is 45.2 Å². The summed E-state index contributed by atoms with van der Waals surface area (Å²) in [5.74, 6) is -1.00. The van der Waals surface area contributed by atoms with Crippen molar-refractivity contribution in [3.05, 3.63) is 95.6 Å². The number of ether oxygens (including phenoxy) is 4. The van der Waals surface area contributed by atoms with Gasteiger partial charge in [-0.15, -0.1) is 0 Å². The van der Waals surface area contributed by atoms with Gasteiger partial charge in [0.05, 0.1) is 12.0 Å². The first-order chi connectivity index (χ1) is 25.1. The van der Waals surface area contributed by atoms with Crippen molar-refractivity contribution in [3.8, 4) is 11.1 Å². The Hall–Kier alpha value is -5.39. The predicted octanol–water partition coefficient (Wildman–Crippen LogP) is 7.25. The lowest BCUT2D eigenvalue weighted by Crippen LogP contribution is -2.47. The Kier molecular flexibility index (Phi) is 12.4. The first-order valence-electron chi connectivity index (χ1n) is 18.1. The number of rotatable bonds is 10. The van der Waals surface area contributed by atoms with Crippen LogP contribution in [0.3, 0.4) is 0 Å². The summed E-state index contributed by atoms with van der Waals surface area (Å²) in [6.07, 6.45) is -1.01. The molecule has 3 atom stereocenters. The largest absolute Gasteiger partial charge is 0.460 e. The Bertz CT molecular complexity index is 1720. The average molecular weight is 727 g/mol. The number of fused-ring (bicyclic) bond motifs is 3. The lowest BCUT2D eigenvalue weighted by molar-refractivity contribution is -0.145. The maximum atomic E-state index is 13.4. The van der Waals surface area contributed by atoms with Gasteiger partial charge in [0.25, 0.3) is 0 Å². The van der Waals surface area contributed by atoms with E-state index in [0.717, 1.165) is 27.8 Å². The van der Waals surface area contributed by atoms with Crippen LogP contribution in [0.5, 0.6) is 0 Å². The van der Waals surface area contributed by atoms with Crippen LogP contribution in [-0.4, -0.2) is 66.7 Å². The standard InChI is InChI=1S/C41H50N4O8/c1-40(2,3)52-38(48)44-36(45-39(49)53-41(4,5)6)42-22-14-17-27-24-34(51-35(27)46)33(23-26-15-8-7-9-16-26)43-37(47)50-25-32-30-20-12-10-18-28(30)29-19-11-13-21-31(29)32/h7-13,15-16,18-21,27,32-34H,14,17,22-25H2,1-6H3,(H,43,47)(H2,42,44,45,48,49)/t27-,33+,34+/m1/s1. The molecule has 0 radical (unpaired) electrons. The average Bonchev–Trinajstić information content (AvgIpc) is 3.61. The number of benzene rings is 3. The van der Waals surface area contributed by atoms with Crippen LogP contribution in [-0.2, 0) is 30.2 Å². The van der Waals surface area contributed by atoms with Crippen molar-refractivity contribution in [2.75, 3.05) is 13.2 Å². The predicted molar refractivity (Wildman–Crippen MR) is 200 cm³/mol. The van der Waals surface area contributed by atoms with Gasteiger partial charge in [0.2, 0.25) is 5.96 Å². The van der Waals surface area contributed by atoms with Gasteiger partial charge in [-0.1, -0.05) is 78.9 Å².